The highest BCUT2D eigenvalue weighted by Crippen LogP contribution is 2.29. The van der Waals surface area contributed by atoms with Gasteiger partial charge in [-0.3, -0.25) is 0 Å². The van der Waals surface area contributed by atoms with Gasteiger partial charge in [0.25, 0.3) is 5.69 Å². The van der Waals surface area contributed by atoms with Gasteiger partial charge in [-0.05, 0) is 6.07 Å². The quantitative estimate of drug-likeness (QED) is 0.589. The van der Waals surface area contributed by atoms with Crippen molar-refractivity contribution in [2.75, 3.05) is 0 Å². The topological polar surface area (TPSA) is 75.5 Å². The number of hydrogen-bond acceptors (Lipinski definition) is 4. The van der Waals surface area contributed by atoms with E-state index in [-0.39, 0.29) is 16.3 Å². The zero-order valence-corrected chi connectivity index (χ0v) is 6.60. The van der Waals surface area contributed by atoms with E-state index < -0.39 is 5.91 Å². The van der Waals surface area contributed by atoms with Gasteiger partial charge >= 0.3 is 5.91 Å². The van der Waals surface area contributed by atoms with E-state index in [4.69, 9.17) is 5.73 Å². The van der Waals surface area contributed by atoms with Crippen LogP contribution in [0.15, 0.2) is 29.3 Å². The van der Waals surface area contributed by atoms with Crippen molar-refractivity contribution in [1.82, 2.24) is 0 Å². The van der Waals surface area contributed by atoms with Gasteiger partial charge in [-0.2, -0.15) is 0 Å². The molecule has 64 valence electrons. The van der Waals surface area contributed by atoms with Crippen molar-refractivity contribution < 1.29 is 9.55 Å². The second-order valence-corrected chi connectivity index (χ2v) is 2.59. The van der Waals surface area contributed by atoms with E-state index in [2.05, 4.69) is 4.99 Å². The molecule has 13 heavy (non-hydrogen) atoms. The molecule has 5 heteroatoms. The zero-order valence-electron chi connectivity index (χ0n) is 6.60. The molecule has 0 aliphatic carbocycles. The predicted molar refractivity (Wildman–Crippen MR) is 46.0 cm³/mol. The van der Waals surface area contributed by atoms with Crippen LogP contribution in [-0.4, -0.2) is 16.5 Å². The van der Waals surface area contributed by atoms with Gasteiger partial charge in [-0.15, -0.1) is 0 Å². The van der Waals surface area contributed by atoms with Crippen LogP contribution in [0.25, 0.3) is 0 Å². The molecule has 0 radical (unpaired) electrons. The average Bonchev–Trinajstić information content (AvgIpc) is 2.15. The summed E-state index contributed by atoms with van der Waals surface area (Å²) in [5, 5.41) is 0. The number of para-hydroxylation sites is 2. The number of nitrogens with two attached hydrogens (primary N) is 1. The highest BCUT2D eigenvalue weighted by molar-refractivity contribution is 6.35. The second-order valence-electron chi connectivity index (χ2n) is 2.59. The first-order valence-corrected chi connectivity index (χ1v) is 3.65. The minimum absolute atomic E-state index is 0.238. The van der Waals surface area contributed by atoms with E-state index in [9.17, 15) is 9.70 Å². The lowest BCUT2D eigenvalue weighted by molar-refractivity contribution is -0.378. The predicted octanol–water partition coefficient (Wildman–Crippen LogP) is 0.626. The Morgan fingerprint density at radius 1 is 1.31 bits per heavy atom. The fourth-order valence-electron chi connectivity index (χ4n) is 1.12. The number of amidine groups is 1. The molecule has 2 rings (SSSR count). The Hall–Kier alpha value is -2.04. The molecule has 1 heterocycles. The van der Waals surface area contributed by atoms with Crippen LogP contribution in [0.2, 0.25) is 0 Å². The van der Waals surface area contributed by atoms with Gasteiger partial charge in [0.15, 0.2) is 0 Å². The summed E-state index contributed by atoms with van der Waals surface area (Å²) in [6, 6.07) is 6.53. The third-order valence-corrected chi connectivity index (χ3v) is 1.75. The first kappa shape index (κ1) is 7.60. The maximum Gasteiger partial charge on any atom is 0.506 e. The van der Waals surface area contributed by atoms with Crippen molar-refractivity contribution in [3.8, 4) is 0 Å². The van der Waals surface area contributed by atoms with Crippen molar-refractivity contribution in [1.29, 1.82) is 0 Å². The number of nitrogens with zero attached hydrogens (tertiary/aromatic N) is 2. The molecular weight excluding hydrogens is 170 g/mol. The molecule has 0 bridgehead atoms. The van der Waals surface area contributed by atoms with Crippen molar-refractivity contribution in [2.45, 2.75) is 0 Å². The van der Waals surface area contributed by atoms with E-state index >= 15 is 0 Å². The lowest BCUT2D eigenvalue weighted by Crippen LogP contribution is -2.32. The third-order valence-electron chi connectivity index (χ3n) is 1.75. The number of nitroso groups, excluding NO2 is 1. The first-order chi connectivity index (χ1) is 6.20. The molecule has 0 aromatic heterocycles. The third kappa shape index (κ3) is 1.01. The van der Waals surface area contributed by atoms with Crippen LogP contribution in [0.4, 0.5) is 11.4 Å². The van der Waals surface area contributed by atoms with E-state index in [1.807, 2.05) is 0 Å². The molecule has 0 saturated carbocycles. The SMILES string of the molecule is NC1=Nc2ccccc2[N+](=O)C1=O. The van der Waals surface area contributed by atoms with Crippen molar-refractivity contribution in [2.24, 2.45) is 10.7 Å². The van der Waals surface area contributed by atoms with Gasteiger partial charge < -0.3 is 5.73 Å². The summed E-state index contributed by atoms with van der Waals surface area (Å²) >= 11 is 0. The van der Waals surface area contributed by atoms with Crippen molar-refractivity contribution in [3.05, 3.63) is 29.2 Å². The van der Waals surface area contributed by atoms with Crippen LogP contribution in [-0.2, 0) is 4.79 Å². The second kappa shape index (κ2) is 2.48. The van der Waals surface area contributed by atoms with E-state index in [0.717, 1.165) is 0 Å². The lowest BCUT2D eigenvalue weighted by atomic mass is 10.2. The smallest absolute Gasteiger partial charge is 0.375 e. The molecule has 1 aliphatic heterocycles. The summed E-state index contributed by atoms with van der Waals surface area (Å²) in [5.74, 6) is -1.08. The van der Waals surface area contributed by atoms with Crippen LogP contribution in [0.3, 0.4) is 0 Å². The average molecular weight is 176 g/mol. The van der Waals surface area contributed by atoms with E-state index in [1.54, 1.807) is 18.2 Å². The fraction of sp³-hybridized carbons (Fsp3) is 0. The molecular formula is C8H6N3O2+. The van der Waals surface area contributed by atoms with Crippen molar-refractivity contribution in [3.63, 3.8) is 0 Å². The molecule has 0 atom stereocenters. The number of aliphatic imine (C=N–C) groups is 1. The molecule has 1 aromatic rings. The Labute approximate surface area is 73.5 Å². The molecule has 1 aliphatic rings. The van der Waals surface area contributed by atoms with Crippen LogP contribution >= 0.6 is 0 Å². The number of carbonyl (C=O) groups excluding carboxylic acids is 1. The molecule has 0 saturated heterocycles. The van der Waals surface area contributed by atoms with Crippen molar-refractivity contribution >= 4 is 23.1 Å². The highest BCUT2D eigenvalue weighted by Gasteiger charge is 2.36. The summed E-state index contributed by atoms with van der Waals surface area (Å²) in [4.78, 5) is 26.1. The van der Waals surface area contributed by atoms with E-state index in [1.165, 1.54) is 6.07 Å². The van der Waals surface area contributed by atoms with Gasteiger partial charge in [0.1, 0.15) is 10.4 Å². The number of fused-ring (bicyclic) bond motifs is 1. The van der Waals surface area contributed by atoms with Gasteiger partial charge in [0.2, 0.25) is 5.84 Å². The van der Waals surface area contributed by atoms with Crippen LogP contribution in [0, 0.1) is 4.91 Å². The molecule has 2 N–H and O–H groups in total. The monoisotopic (exact) mass is 176 g/mol. The van der Waals surface area contributed by atoms with Gasteiger partial charge in [0.05, 0.1) is 0 Å². The number of rotatable bonds is 0. The standard InChI is InChI=1S/C8H6N3O2/c9-7-8(12)11(13)6-4-2-1-3-5(6)10-7/h1-4H,(H2,9,10)/q+1. The summed E-state index contributed by atoms with van der Waals surface area (Å²) in [5.41, 5.74) is 5.91. The normalized spacial score (nSPS) is 15.2. The number of hydrogen-bond donors (Lipinski definition) is 1. The Kier molecular flexibility index (Phi) is 1.45. The fourth-order valence-corrected chi connectivity index (χ4v) is 1.12. The Morgan fingerprint density at radius 3 is 2.77 bits per heavy atom. The zero-order chi connectivity index (χ0) is 9.42. The Morgan fingerprint density at radius 2 is 2.00 bits per heavy atom. The molecule has 1 aromatic carbocycles. The lowest BCUT2D eigenvalue weighted by Gasteiger charge is -2.01. The van der Waals surface area contributed by atoms with Gasteiger partial charge in [-0.25, -0.2) is 9.79 Å². The molecule has 5 nitrogen and oxygen atoms in total. The maximum atomic E-state index is 11.2. The van der Waals surface area contributed by atoms with Crippen LogP contribution in [0.1, 0.15) is 0 Å². The number of carbonyl (C=O) groups is 1. The minimum Gasteiger partial charge on any atom is -0.375 e. The summed E-state index contributed by atoms with van der Waals surface area (Å²) in [6.07, 6.45) is 0. The summed E-state index contributed by atoms with van der Waals surface area (Å²) in [7, 11) is 0. The van der Waals surface area contributed by atoms with Gasteiger partial charge in [0, 0.05) is 11.0 Å². The molecule has 0 spiro atoms. The van der Waals surface area contributed by atoms with Crippen LogP contribution < -0.4 is 5.73 Å². The highest BCUT2D eigenvalue weighted by atomic mass is 16.3. The maximum absolute atomic E-state index is 11.2. The number of amides is 1. The van der Waals surface area contributed by atoms with Gasteiger partial charge in [-0.1, -0.05) is 12.1 Å². The van der Waals surface area contributed by atoms with E-state index in [0.29, 0.717) is 5.69 Å². The minimum atomic E-state index is -0.807. The molecule has 1 amide bonds. The first-order valence-electron chi connectivity index (χ1n) is 3.65. The van der Waals surface area contributed by atoms with Crippen LogP contribution in [0.5, 0.6) is 0 Å². The largest absolute Gasteiger partial charge is 0.506 e. The summed E-state index contributed by atoms with van der Waals surface area (Å²) < 4.78 is 0.248. The summed E-state index contributed by atoms with van der Waals surface area (Å²) in [6.45, 7) is 0. The Balaban J connectivity index is 2.70. The molecule has 0 fully saturated rings. The number of benzene rings is 1. The Bertz CT molecular complexity index is 437. The molecule has 0 unspecified atom stereocenters.